The molecule has 6 rings (SSSR count). The first kappa shape index (κ1) is 24.3. The number of anilines is 1. The van der Waals surface area contributed by atoms with Crippen molar-refractivity contribution >= 4 is 17.6 Å². The van der Waals surface area contributed by atoms with E-state index in [1.54, 1.807) is 0 Å². The molecule has 2 amide bonds. The van der Waals surface area contributed by atoms with Crippen LogP contribution in [0.2, 0.25) is 0 Å². The van der Waals surface area contributed by atoms with Gasteiger partial charge in [0.25, 0.3) is 0 Å². The Morgan fingerprint density at radius 1 is 1.06 bits per heavy atom. The highest BCUT2D eigenvalue weighted by Crippen LogP contribution is 2.60. The van der Waals surface area contributed by atoms with E-state index in [1.165, 1.54) is 6.07 Å². The van der Waals surface area contributed by atoms with Crippen LogP contribution >= 0.6 is 0 Å². The van der Waals surface area contributed by atoms with Crippen molar-refractivity contribution in [3.05, 3.63) is 23.9 Å². The van der Waals surface area contributed by atoms with Crippen molar-refractivity contribution in [2.75, 3.05) is 31.1 Å². The molecule has 7 nitrogen and oxygen atoms in total. The zero-order valence-electron chi connectivity index (χ0n) is 20.3. The molecular formula is C25H34F3N5O2. The van der Waals surface area contributed by atoms with E-state index in [1.807, 2.05) is 18.7 Å². The van der Waals surface area contributed by atoms with E-state index in [4.69, 9.17) is 5.73 Å². The van der Waals surface area contributed by atoms with Crippen molar-refractivity contribution in [3.63, 3.8) is 0 Å². The number of amides is 2. The van der Waals surface area contributed by atoms with Crippen LogP contribution in [0.15, 0.2) is 18.3 Å². The first-order valence-electron chi connectivity index (χ1n) is 12.5. The second kappa shape index (κ2) is 8.35. The monoisotopic (exact) mass is 493 g/mol. The van der Waals surface area contributed by atoms with Gasteiger partial charge < -0.3 is 16.0 Å². The summed E-state index contributed by atoms with van der Waals surface area (Å²) in [5.41, 5.74) is 3.93. The van der Waals surface area contributed by atoms with Gasteiger partial charge in [0.05, 0.1) is 11.1 Å². The van der Waals surface area contributed by atoms with Gasteiger partial charge >= 0.3 is 6.18 Å². The largest absolute Gasteiger partial charge is 0.417 e. The Balaban J connectivity index is 1.19. The lowest BCUT2D eigenvalue weighted by atomic mass is 9.47. The third-order valence-corrected chi connectivity index (χ3v) is 9.12. The number of rotatable bonds is 5. The summed E-state index contributed by atoms with van der Waals surface area (Å²) in [7, 11) is 0. The van der Waals surface area contributed by atoms with Crippen LogP contribution in [-0.4, -0.2) is 59.5 Å². The first-order chi connectivity index (χ1) is 16.4. The van der Waals surface area contributed by atoms with Gasteiger partial charge in [-0.1, -0.05) is 0 Å². The topological polar surface area (TPSA) is 91.6 Å². The predicted octanol–water partition coefficient (Wildman–Crippen LogP) is 2.80. The van der Waals surface area contributed by atoms with Crippen LogP contribution in [0, 0.1) is 23.2 Å². The molecule has 5 fully saturated rings. The average Bonchev–Trinajstić information content (AvgIpc) is 2.80. The number of primary amides is 1. The van der Waals surface area contributed by atoms with E-state index >= 15 is 0 Å². The molecule has 0 spiro atoms. The molecular weight excluding hydrogens is 459 g/mol. The number of carbonyl (C=O) groups is 2. The van der Waals surface area contributed by atoms with Crippen LogP contribution in [0.25, 0.3) is 0 Å². The summed E-state index contributed by atoms with van der Waals surface area (Å²) in [5, 5.41) is 3.35. The highest BCUT2D eigenvalue weighted by molar-refractivity contribution is 5.86. The lowest BCUT2D eigenvalue weighted by molar-refractivity contribution is -0.149. The number of hydrogen-bond acceptors (Lipinski definition) is 5. The molecule has 1 aromatic rings. The number of halogens is 3. The number of piperazine rings is 1. The molecule has 0 aromatic carbocycles. The quantitative estimate of drug-likeness (QED) is 0.658. The highest BCUT2D eigenvalue weighted by Gasteiger charge is 2.58. The molecule has 4 aliphatic carbocycles. The van der Waals surface area contributed by atoms with E-state index in [0.717, 1.165) is 44.4 Å². The third kappa shape index (κ3) is 4.27. The number of aromatic nitrogens is 1. The van der Waals surface area contributed by atoms with Gasteiger partial charge in [0.2, 0.25) is 11.8 Å². The average molecular weight is 494 g/mol. The standard InChI is InChI=1S/C25H34F3N5O2/c1-23(2,33-7-5-32(6-8-33)19-4-3-18(14-30-19)25(26,27)28)22(35)31-20-16-9-15-10-17(20)13-24(11-15,12-16)21(29)34/h3-4,14-17,20H,5-13H2,1-2H3,(H2,29,34)(H,31,35)/t15?,16?,17?,20-,24+. The van der Waals surface area contributed by atoms with Crippen molar-refractivity contribution in [1.29, 1.82) is 0 Å². The van der Waals surface area contributed by atoms with Gasteiger partial charge in [-0.2, -0.15) is 13.2 Å². The summed E-state index contributed by atoms with van der Waals surface area (Å²) in [4.78, 5) is 33.8. The molecule has 5 aliphatic rings. The number of nitrogens with one attached hydrogen (secondary N) is 1. The van der Waals surface area contributed by atoms with Crippen LogP contribution in [0.5, 0.6) is 0 Å². The predicted molar refractivity (Wildman–Crippen MR) is 124 cm³/mol. The fraction of sp³-hybridized carbons (Fsp3) is 0.720. The van der Waals surface area contributed by atoms with E-state index in [2.05, 4.69) is 15.2 Å². The number of pyridine rings is 1. The number of carbonyl (C=O) groups excluding carboxylic acids is 2. The highest BCUT2D eigenvalue weighted by atomic mass is 19.4. The van der Waals surface area contributed by atoms with E-state index in [9.17, 15) is 22.8 Å². The van der Waals surface area contributed by atoms with Crippen molar-refractivity contribution in [1.82, 2.24) is 15.2 Å². The molecule has 2 atom stereocenters. The maximum absolute atomic E-state index is 13.5. The molecule has 1 aromatic heterocycles. The molecule has 4 saturated carbocycles. The number of nitrogens with zero attached hydrogens (tertiary/aromatic N) is 3. The van der Waals surface area contributed by atoms with Crippen LogP contribution < -0.4 is 16.0 Å². The Morgan fingerprint density at radius 3 is 2.20 bits per heavy atom. The SMILES string of the molecule is CC(C)(C(=O)N[C@H]1C2CC3CC1C[C@@](C(N)=O)(C3)C2)N1CCN(c2ccc(C(F)(F)F)cn2)CC1. The summed E-state index contributed by atoms with van der Waals surface area (Å²) in [6.45, 7) is 6.21. The summed E-state index contributed by atoms with van der Waals surface area (Å²) < 4.78 is 38.5. The molecule has 0 radical (unpaired) electrons. The maximum Gasteiger partial charge on any atom is 0.417 e. The maximum atomic E-state index is 13.5. The fourth-order valence-corrected chi connectivity index (χ4v) is 7.27. The number of nitrogens with two attached hydrogens (primary N) is 1. The van der Waals surface area contributed by atoms with Crippen LogP contribution in [0.4, 0.5) is 19.0 Å². The first-order valence-corrected chi connectivity index (χ1v) is 12.5. The summed E-state index contributed by atoms with van der Waals surface area (Å²) in [6, 6.07) is 2.55. The molecule has 1 saturated heterocycles. The number of hydrogen-bond donors (Lipinski definition) is 2. The van der Waals surface area contributed by atoms with Crippen molar-refractivity contribution < 1.29 is 22.8 Å². The Kier molecular flexibility index (Phi) is 5.81. The molecule has 10 heteroatoms. The molecule has 4 bridgehead atoms. The van der Waals surface area contributed by atoms with Crippen LogP contribution in [-0.2, 0) is 15.8 Å². The van der Waals surface area contributed by atoms with E-state index in [-0.39, 0.29) is 23.3 Å². The normalized spacial score (nSPS) is 33.1. The number of alkyl halides is 3. The van der Waals surface area contributed by atoms with Gasteiger partial charge in [0.1, 0.15) is 5.82 Å². The Morgan fingerprint density at radius 2 is 1.69 bits per heavy atom. The van der Waals surface area contributed by atoms with Gasteiger partial charge in [-0.25, -0.2) is 4.98 Å². The zero-order valence-corrected chi connectivity index (χ0v) is 20.3. The van der Waals surface area contributed by atoms with Gasteiger partial charge in [-0.3, -0.25) is 14.5 Å². The van der Waals surface area contributed by atoms with Gasteiger partial charge in [-0.05, 0) is 75.8 Å². The van der Waals surface area contributed by atoms with Gasteiger partial charge in [-0.15, -0.1) is 0 Å². The minimum absolute atomic E-state index is 0.01000. The minimum Gasteiger partial charge on any atom is -0.369 e. The van der Waals surface area contributed by atoms with E-state index in [0.29, 0.717) is 49.8 Å². The lowest BCUT2D eigenvalue weighted by Gasteiger charge is -2.59. The molecule has 2 unspecified atom stereocenters. The second-order valence-corrected chi connectivity index (χ2v) is 11.5. The molecule has 3 N–H and O–H groups in total. The second-order valence-electron chi connectivity index (χ2n) is 11.5. The van der Waals surface area contributed by atoms with Gasteiger partial charge in [0, 0.05) is 43.8 Å². The third-order valence-electron chi connectivity index (χ3n) is 9.12. The summed E-state index contributed by atoms with van der Waals surface area (Å²) >= 11 is 0. The fourth-order valence-electron chi connectivity index (χ4n) is 7.27. The molecule has 1 aliphatic heterocycles. The summed E-state index contributed by atoms with van der Waals surface area (Å²) in [6.07, 6.45) is 1.02. The molecule has 192 valence electrons. The minimum atomic E-state index is -4.40. The van der Waals surface area contributed by atoms with Crippen molar-refractivity contribution in [2.45, 2.75) is 63.7 Å². The van der Waals surface area contributed by atoms with Crippen LogP contribution in [0.3, 0.4) is 0 Å². The Hall–Kier alpha value is -2.36. The molecule has 2 heterocycles. The molecule has 35 heavy (non-hydrogen) atoms. The Bertz CT molecular complexity index is 972. The van der Waals surface area contributed by atoms with Gasteiger partial charge in [0.15, 0.2) is 0 Å². The van der Waals surface area contributed by atoms with Crippen molar-refractivity contribution in [3.8, 4) is 0 Å². The summed E-state index contributed by atoms with van der Waals surface area (Å²) in [5.74, 6) is 1.46. The van der Waals surface area contributed by atoms with Crippen LogP contribution in [0.1, 0.15) is 51.5 Å². The lowest BCUT2D eigenvalue weighted by Crippen LogP contribution is -2.66. The zero-order chi connectivity index (χ0) is 25.2. The smallest absolute Gasteiger partial charge is 0.369 e. The van der Waals surface area contributed by atoms with E-state index < -0.39 is 17.3 Å². The Labute approximate surface area is 203 Å². The van der Waals surface area contributed by atoms with Crippen molar-refractivity contribution in [2.24, 2.45) is 28.9 Å².